The Labute approximate surface area is 139 Å². The molecule has 4 rings (SSSR count). The number of hydrogen-bond acceptors (Lipinski definition) is 6. The summed E-state index contributed by atoms with van der Waals surface area (Å²) < 4.78 is 23.2. The van der Waals surface area contributed by atoms with Crippen LogP contribution < -0.4 is 0 Å². The number of rotatable bonds is 3. The molecule has 0 saturated carbocycles. The lowest BCUT2D eigenvalue weighted by atomic mass is 10.0. The number of benzene rings is 1. The molecular formula is C15H17N5O3S. The molecule has 1 aromatic carbocycles. The van der Waals surface area contributed by atoms with Crippen LogP contribution in [0.3, 0.4) is 0 Å². The Hall–Kier alpha value is -2.29. The van der Waals surface area contributed by atoms with Crippen molar-refractivity contribution in [2.45, 2.75) is 6.54 Å². The molecule has 24 heavy (non-hydrogen) atoms. The third kappa shape index (κ3) is 2.91. The minimum Gasteiger partial charge on any atom is -0.340 e. The van der Waals surface area contributed by atoms with E-state index < -0.39 is 9.84 Å². The van der Waals surface area contributed by atoms with E-state index in [0.29, 0.717) is 18.9 Å². The van der Waals surface area contributed by atoms with Gasteiger partial charge in [0, 0.05) is 18.7 Å². The fraction of sp³-hybridized carbons (Fsp3) is 0.467. The van der Waals surface area contributed by atoms with Crippen LogP contribution in [0.15, 0.2) is 30.3 Å². The molecule has 2 fully saturated rings. The Bertz CT molecular complexity index is 844. The fourth-order valence-electron chi connectivity index (χ4n) is 3.47. The van der Waals surface area contributed by atoms with Crippen LogP contribution in [0.2, 0.25) is 0 Å². The van der Waals surface area contributed by atoms with Crippen LogP contribution >= 0.6 is 0 Å². The van der Waals surface area contributed by atoms with Crippen LogP contribution in [0.1, 0.15) is 0 Å². The van der Waals surface area contributed by atoms with Crippen molar-refractivity contribution in [1.29, 1.82) is 0 Å². The third-order valence-corrected chi connectivity index (χ3v) is 6.50. The highest BCUT2D eigenvalue weighted by Crippen LogP contribution is 2.32. The summed E-state index contributed by atoms with van der Waals surface area (Å²) in [5.41, 5.74) is 0.845. The molecular weight excluding hydrogens is 330 g/mol. The first kappa shape index (κ1) is 15.3. The molecule has 0 unspecified atom stereocenters. The molecule has 9 heteroatoms. The molecule has 0 radical (unpaired) electrons. The molecule has 0 spiro atoms. The van der Waals surface area contributed by atoms with Crippen molar-refractivity contribution < 1.29 is 13.2 Å². The zero-order chi connectivity index (χ0) is 16.7. The molecule has 1 amide bonds. The van der Waals surface area contributed by atoms with Crippen molar-refractivity contribution in [3.63, 3.8) is 0 Å². The van der Waals surface area contributed by atoms with Crippen molar-refractivity contribution in [2.24, 2.45) is 11.8 Å². The number of amides is 1. The summed E-state index contributed by atoms with van der Waals surface area (Å²) in [5, 5.41) is 12.1. The summed E-state index contributed by atoms with van der Waals surface area (Å²) in [7, 11) is -2.92. The molecule has 2 aliphatic heterocycles. The summed E-state index contributed by atoms with van der Waals surface area (Å²) in [6.45, 7) is 1.03. The van der Waals surface area contributed by atoms with E-state index in [1.165, 1.54) is 4.80 Å². The van der Waals surface area contributed by atoms with Gasteiger partial charge in [-0.3, -0.25) is 4.79 Å². The average Bonchev–Trinajstić information content (AvgIpc) is 3.21. The molecule has 2 saturated heterocycles. The van der Waals surface area contributed by atoms with Crippen molar-refractivity contribution in [3.05, 3.63) is 30.3 Å². The van der Waals surface area contributed by atoms with Crippen molar-refractivity contribution in [2.75, 3.05) is 24.6 Å². The zero-order valence-corrected chi connectivity index (χ0v) is 13.8. The van der Waals surface area contributed by atoms with E-state index in [1.54, 1.807) is 4.90 Å². The van der Waals surface area contributed by atoms with Gasteiger partial charge in [-0.25, -0.2) is 8.42 Å². The monoisotopic (exact) mass is 347 g/mol. The van der Waals surface area contributed by atoms with Gasteiger partial charge in [-0.2, -0.15) is 4.80 Å². The van der Waals surface area contributed by atoms with E-state index in [2.05, 4.69) is 15.4 Å². The Kier molecular flexibility index (Phi) is 3.60. The number of likely N-dealkylation sites (tertiary alicyclic amines) is 1. The number of aromatic nitrogens is 4. The number of sulfone groups is 1. The van der Waals surface area contributed by atoms with Gasteiger partial charge in [-0.1, -0.05) is 30.3 Å². The van der Waals surface area contributed by atoms with E-state index in [4.69, 9.17) is 0 Å². The van der Waals surface area contributed by atoms with Crippen molar-refractivity contribution in [1.82, 2.24) is 25.1 Å². The largest absolute Gasteiger partial charge is 0.340 e. The zero-order valence-electron chi connectivity index (χ0n) is 12.9. The van der Waals surface area contributed by atoms with Crippen LogP contribution in [0.5, 0.6) is 0 Å². The van der Waals surface area contributed by atoms with Gasteiger partial charge < -0.3 is 4.90 Å². The SMILES string of the molecule is O=C(Cn1nnc(-c2ccccc2)n1)N1C[C@@H]2CS(=O)(=O)C[C@@H]2C1. The Balaban J connectivity index is 1.40. The van der Waals surface area contributed by atoms with E-state index >= 15 is 0 Å². The van der Waals surface area contributed by atoms with Gasteiger partial charge in [0.05, 0.1) is 11.5 Å². The van der Waals surface area contributed by atoms with Crippen molar-refractivity contribution in [3.8, 4) is 11.4 Å². The van der Waals surface area contributed by atoms with Crippen molar-refractivity contribution >= 4 is 15.7 Å². The maximum Gasteiger partial charge on any atom is 0.246 e. The molecule has 8 nitrogen and oxygen atoms in total. The second-order valence-corrected chi connectivity index (χ2v) is 8.56. The summed E-state index contributed by atoms with van der Waals surface area (Å²) in [5.74, 6) is 0.916. The fourth-order valence-corrected chi connectivity index (χ4v) is 5.67. The number of carbonyl (C=O) groups is 1. The first-order valence-corrected chi connectivity index (χ1v) is 9.64. The van der Waals surface area contributed by atoms with Crippen LogP contribution in [0, 0.1) is 11.8 Å². The predicted octanol–water partition coefficient (Wildman–Crippen LogP) is -0.157. The maximum atomic E-state index is 12.4. The van der Waals surface area contributed by atoms with Crippen LogP contribution in [0.25, 0.3) is 11.4 Å². The maximum absolute atomic E-state index is 12.4. The average molecular weight is 347 g/mol. The minimum absolute atomic E-state index is 0.0199. The molecule has 2 atom stereocenters. The minimum atomic E-state index is -2.92. The van der Waals surface area contributed by atoms with Crippen LogP contribution in [-0.4, -0.2) is 64.0 Å². The van der Waals surface area contributed by atoms with Gasteiger partial charge in [-0.05, 0) is 17.0 Å². The van der Waals surface area contributed by atoms with Gasteiger partial charge in [0.2, 0.25) is 11.7 Å². The number of hydrogen-bond donors (Lipinski definition) is 0. The second-order valence-electron chi connectivity index (χ2n) is 6.41. The van der Waals surface area contributed by atoms with E-state index in [0.717, 1.165) is 5.56 Å². The molecule has 3 heterocycles. The smallest absolute Gasteiger partial charge is 0.246 e. The molecule has 126 valence electrons. The summed E-state index contributed by atoms with van der Waals surface area (Å²) in [6, 6.07) is 9.44. The summed E-state index contributed by atoms with van der Waals surface area (Å²) >= 11 is 0. The number of tetrazole rings is 1. The topological polar surface area (TPSA) is 98.1 Å². The molecule has 1 aromatic heterocycles. The molecule has 0 bridgehead atoms. The number of carbonyl (C=O) groups excluding carboxylic acids is 1. The molecule has 2 aromatic rings. The van der Waals surface area contributed by atoms with Crippen LogP contribution in [-0.2, 0) is 21.2 Å². The van der Waals surface area contributed by atoms with Crippen LogP contribution in [0.4, 0.5) is 0 Å². The van der Waals surface area contributed by atoms with E-state index in [-0.39, 0.29) is 35.8 Å². The number of nitrogens with zero attached hydrogens (tertiary/aromatic N) is 5. The Morgan fingerprint density at radius 2 is 1.79 bits per heavy atom. The van der Waals surface area contributed by atoms with Gasteiger partial charge in [0.1, 0.15) is 6.54 Å². The standard InChI is InChI=1S/C15H17N5O3S/c21-14(19-6-12-9-24(22,23)10-13(12)7-19)8-20-17-15(16-18-20)11-4-2-1-3-5-11/h1-5,12-13H,6-10H2/t12-,13+. The lowest BCUT2D eigenvalue weighted by Gasteiger charge is -2.16. The van der Waals surface area contributed by atoms with Gasteiger partial charge in [0.25, 0.3) is 0 Å². The first-order valence-electron chi connectivity index (χ1n) is 7.81. The van der Waals surface area contributed by atoms with E-state index in [1.807, 2.05) is 30.3 Å². The second kappa shape index (κ2) is 5.66. The van der Waals surface area contributed by atoms with Gasteiger partial charge in [-0.15, -0.1) is 10.2 Å². The van der Waals surface area contributed by atoms with Gasteiger partial charge in [0.15, 0.2) is 9.84 Å². The predicted molar refractivity (Wildman–Crippen MR) is 85.5 cm³/mol. The highest BCUT2D eigenvalue weighted by Gasteiger charge is 2.44. The Morgan fingerprint density at radius 3 is 2.46 bits per heavy atom. The third-order valence-electron chi connectivity index (χ3n) is 4.63. The lowest BCUT2D eigenvalue weighted by molar-refractivity contribution is -0.131. The molecule has 0 aliphatic carbocycles. The summed E-state index contributed by atoms with van der Waals surface area (Å²) in [4.78, 5) is 15.4. The number of fused-ring (bicyclic) bond motifs is 1. The van der Waals surface area contributed by atoms with Gasteiger partial charge >= 0.3 is 0 Å². The molecule has 0 N–H and O–H groups in total. The molecule has 2 aliphatic rings. The highest BCUT2D eigenvalue weighted by atomic mass is 32.2. The lowest BCUT2D eigenvalue weighted by Crippen LogP contribution is -2.34. The highest BCUT2D eigenvalue weighted by molar-refractivity contribution is 7.91. The summed E-state index contributed by atoms with van der Waals surface area (Å²) in [6.07, 6.45) is 0. The Morgan fingerprint density at radius 1 is 1.12 bits per heavy atom. The normalized spacial score (nSPS) is 24.9. The first-order chi connectivity index (χ1) is 11.5. The quantitative estimate of drug-likeness (QED) is 0.765. The van der Waals surface area contributed by atoms with E-state index in [9.17, 15) is 13.2 Å².